The Kier molecular flexibility index (Phi) is 11.9. The van der Waals surface area contributed by atoms with Gasteiger partial charge in [-0.2, -0.15) is 5.10 Å². The van der Waals surface area contributed by atoms with Crippen molar-refractivity contribution >= 4 is 64.4 Å². The van der Waals surface area contributed by atoms with Crippen molar-refractivity contribution in [1.29, 1.82) is 0 Å². The maximum atomic E-state index is 13.0. The van der Waals surface area contributed by atoms with Crippen molar-refractivity contribution in [2.45, 2.75) is 45.9 Å². The van der Waals surface area contributed by atoms with Crippen LogP contribution in [0.2, 0.25) is 20.1 Å². The second-order valence-electron chi connectivity index (χ2n) is 9.32. The van der Waals surface area contributed by atoms with Crippen LogP contribution in [0.5, 0.6) is 11.5 Å². The standard InChI is InChI=1S/C29H29Cl4N3O4/c1-17(2)12-25(35-28(37)18(3)40-27-11-9-22(31)14-24(27)33)29(38)36-34-15-20-13-21(30)8-10-26(20)39-16-19-6-4-5-7-23(19)32/h4-11,13-15,17-18,25H,12,16H2,1-3H3,(H,35,37)(H,36,38)/b34-15-/t18-,25+/m1/s1. The number of nitrogens with zero attached hydrogens (tertiary/aromatic N) is 1. The van der Waals surface area contributed by atoms with Crippen molar-refractivity contribution in [3.05, 3.63) is 91.9 Å². The summed E-state index contributed by atoms with van der Waals surface area (Å²) in [6.45, 7) is 5.68. The first-order chi connectivity index (χ1) is 19.0. The summed E-state index contributed by atoms with van der Waals surface area (Å²) in [5.74, 6) is -0.0605. The molecule has 212 valence electrons. The van der Waals surface area contributed by atoms with Gasteiger partial charge in [0.15, 0.2) is 6.10 Å². The zero-order chi connectivity index (χ0) is 29.2. The summed E-state index contributed by atoms with van der Waals surface area (Å²) >= 11 is 24.5. The minimum Gasteiger partial charge on any atom is -0.488 e. The van der Waals surface area contributed by atoms with Crippen molar-refractivity contribution in [3.63, 3.8) is 0 Å². The van der Waals surface area contributed by atoms with Crippen LogP contribution in [0.3, 0.4) is 0 Å². The van der Waals surface area contributed by atoms with E-state index in [2.05, 4.69) is 15.8 Å². The van der Waals surface area contributed by atoms with E-state index in [-0.39, 0.29) is 17.5 Å². The molecule has 0 bridgehead atoms. The summed E-state index contributed by atoms with van der Waals surface area (Å²) < 4.78 is 11.6. The number of carbonyl (C=O) groups excluding carboxylic acids is 2. The van der Waals surface area contributed by atoms with Gasteiger partial charge in [0.1, 0.15) is 24.1 Å². The lowest BCUT2D eigenvalue weighted by Gasteiger charge is -2.22. The second-order valence-corrected chi connectivity index (χ2v) is 11.0. The summed E-state index contributed by atoms with van der Waals surface area (Å²) in [7, 11) is 0. The zero-order valence-corrected chi connectivity index (χ0v) is 25.1. The average molecular weight is 625 g/mol. The van der Waals surface area contributed by atoms with E-state index in [0.717, 1.165) is 5.56 Å². The Bertz CT molecular complexity index is 1370. The van der Waals surface area contributed by atoms with Crippen LogP contribution < -0.4 is 20.2 Å². The lowest BCUT2D eigenvalue weighted by atomic mass is 10.0. The van der Waals surface area contributed by atoms with E-state index < -0.39 is 24.0 Å². The molecule has 0 aliphatic rings. The van der Waals surface area contributed by atoms with Crippen LogP contribution in [0.15, 0.2) is 65.8 Å². The maximum Gasteiger partial charge on any atom is 0.262 e. The van der Waals surface area contributed by atoms with Crippen molar-refractivity contribution < 1.29 is 19.1 Å². The molecule has 0 spiro atoms. The molecule has 0 saturated heterocycles. The van der Waals surface area contributed by atoms with E-state index in [1.165, 1.54) is 12.3 Å². The molecule has 0 fully saturated rings. The lowest BCUT2D eigenvalue weighted by molar-refractivity contribution is -0.132. The van der Waals surface area contributed by atoms with E-state index in [9.17, 15) is 9.59 Å². The third-order valence-electron chi connectivity index (χ3n) is 5.60. The number of nitrogens with one attached hydrogen (secondary N) is 2. The zero-order valence-electron chi connectivity index (χ0n) is 22.1. The summed E-state index contributed by atoms with van der Waals surface area (Å²) in [4.78, 5) is 25.8. The van der Waals surface area contributed by atoms with Gasteiger partial charge in [-0.3, -0.25) is 9.59 Å². The molecule has 7 nitrogen and oxygen atoms in total. The lowest BCUT2D eigenvalue weighted by Crippen LogP contribution is -2.49. The largest absolute Gasteiger partial charge is 0.488 e. The van der Waals surface area contributed by atoms with Crippen LogP contribution >= 0.6 is 46.4 Å². The molecule has 2 atom stereocenters. The van der Waals surface area contributed by atoms with Crippen molar-refractivity contribution in [2.75, 3.05) is 0 Å². The Hall–Kier alpha value is -2.97. The smallest absolute Gasteiger partial charge is 0.262 e. The molecule has 0 aromatic heterocycles. The summed E-state index contributed by atoms with van der Waals surface area (Å²) in [5, 5.41) is 8.60. The van der Waals surface area contributed by atoms with Crippen LogP contribution in [0.4, 0.5) is 0 Å². The summed E-state index contributed by atoms with van der Waals surface area (Å²) in [6, 6.07) is 16.3. The molecule has 0 aliphatic carbocycles. The number of hydrogen-bond donors (Lipinski definition) is 2. The molecular formula is C29H29Cl4N3O4. The molecule has 0 saturated carbocycles. The molecule has 0 radical (unpaired) electrons. The monoisotopic (exact) mass is 623 g/mol. The highest BCUT2D eigenvalue weighted by atomic mass is 35.5. The summed E-state index contributed by atoms with van der Waals surface area (Å²) in [5.41, 5.74) is 3.86. The Morgan fingerprint density at radius 2 is 1.55 bits per heavy atom. The van der Waals surface area contributed by atoms with Crippen LogP contribution in [-0.2, 0) is 16.2 Å². The number of amides is 2. The van der Waals surface area contributed by atoms with E-state index in [0.29, 0.717) is 38.6 Å². The van der Waals surface area contributed by atoms with Gasteiger partial charge in [0.2, 0.25) is 0 Å². The highest BCUT2D eigenvalue weighted by Gasteiger charge is 2.25. The number of hydrogen-bond acceptors (Lipinski definition) is 5. The highest BCUT2D eigenvalue weighted by Crippen LogP contribution is 2.28. The average Bonchev–Trinajstić information content (AvgIpc) is 2.89. The highest BCUT2D eigenvalue weighted by molar-refractivity contribution is 6.35. The fourth-order valence-corrected chi connectivity index (χ4v) is 4.40. The second kappa shape index (κ2) is 15.1. The number of hydrazone groups is 1. The van der Waals surface area contributed by atoms with Crippen molar-refractivity contribution in [2.24, 2.45) is 11.0 Å². The topological polar surface area (TPSA) is 89.0 Å². The fraction of sp³-hybridized carbons (Fsp3) is 0.276. The molecule has 2 N–H and O–H groups in total. The van der Waals surface area contributed by atoms with E-state index >= 15 is 0 Å². The first-order valence-corrected chi connectivity index (χ1v) is 14.0. The normalized spacial score (nSPS) is 12.7. The van der Waals surface area contributed by atoms with E-state index in [1.54, 1.807) is 43.3 Å². The molecule has 3 aromatic carbocycles. The molecule has 0 unspecified atom stereocenters. The van der Waals surface area contributed by atoms with Gasteiger partial charge >= 0.3 is 0 Å². The van der Waals surface area contributed by atoms with E-state index in [1.807, 2.05) is 32.0 Å². The number of halogens is 4. The minimum atomic E-state index is -0.922. The van der Waals surface area contributed by atoms with E-state index in [4.69, 9.17) is 55.9 Å². The molecule has 2 amide bonds. The third-order valence-corrected chi connectivity index (χ3v) is 6.73. The van der Waals surface area contributed by atoms with Gasteiger partial charge in [-0.15, -0.1) is 0 Å². The van der Waals surface area contributed by atoms with Gasteiger partial charge in [-0.1, -0.05) is 78.5 Å². The van der Waals surface area contributed by atoms with Gasteiger partial charge in [-0.05, 0) is 61.7 Å². The van der Waals surface area contributed by atoms with Crippen LogP contribution in [0, 0.1) is 5.92 Å². The summed E-state index contributed by atoms with van der Waals surface area (Å²) in [6.07, 6.45) is 0.882. The van der Waals surface area contributed by atoms with Crippen LogP contribution in [0.1, 0.15) is 38.3 Å². The Balaban J connectivity index is 1.65. The predicted octanol–water partition coefficient (Wildman–Crippen LogP) is 7.33. The first kappa shape index (κ1) is 31.6. The predicted molar refractivity (Wildman–Crippen MR) is 161 cm³/mol. The maximum absolute atomic E-state index is 13.0. The number of rotatable bonds is 12. The van der Waals surface area contributed by atoms with Crippen LogP contribution in [0.25, 0.3) is 0 Å². The molecule has 0 aliphatic heterocycles. The Labute approximate surface area is 253 Å². The number of carbonyl (C=O) groups is 2. The number of ether oxygens (including phenoxy) is 2. The molecule has 0 heterocycles. The molecule has 40 heavy (non-hydrogen) atoms. The van der Waals surface area contributed by atoms with Gasteiger partial charge in [0.05, 0.1) is 11.2 Å². The first-order valence-electron chi connectivity index (χ1n) is 12.4. The molecular weight excluding hydrogens is 596 g/mol. The van der Waals surface area contributed by atoms with Gasteiger partial charge in [0, 0.05) is 26.2 Å². The minimum absolute atomic E-state index is 0.111. The Morgan fingerprint density at radius 1 is 0.875 bits per heavy atom. The van der Waals surface area contributed by atoms with Crippen molar-refractivity contribution in [1.82, 2.24) is 10.7 Å². The fourth-order valence-electron chi connectivity index (χ4n) is 3.57. The van der Waals surface area contributed by atoms with Gasteiger partial charge in [-0.25, -0.2) is 5.43 Å². The van der Waals surface area contributed by atoms with Gasteiger partial charge < -0.3 is 14.8 Å². The number of benzene rings is 3. The van der Waals surface area contributed by atoms with Crippen molar-refractivity contribution in [3.8, 4) is 11.5 Å². The van der Waals surface area contributed by atoms with Crippen LogP contribution in [-0.4, -0.2) is 30.2 Å². The SMILES string of the molecule is CC(C)C[C@H](NC(=O)[C@@H](C)Oc1ccc(Cl)cc1Cl)C(=O)N/N=C\c1cc(Cl)ccc1OCc1ccccc1Cl. The molecule has 3 aromatic rings. The molecule has 11 heteroatoms. The Morgan fingerprint density at radius 3 is 2.23 bits per heavy atom. The quantitative estimate of drug-likeness (QED) is 0.163. The third kappa shape index (κ3) is 9.59. The molecule has 3 rings (SSSR count). The van der Waals surface area contributed by atoms with Gasteiger partial charge in [0.25, 0.3) is 11.8 Å².